The topological polar surface area (TPSA) is 46.3 Å². The summed E-state index contributed by atoms with van der Waals surface area (Å²) in [5, 5.41) is 0. The molecule has 2 N–H and O–H groups in total. The standard InChI is InChI=1S/C17H26N2O/c1-3-19(12-15-8-5-4-7-13(15)2)17(20)14-9-6-10-16(18)11-14/h4-5,7-8,14,16H,3,6,9-12,18H2,1-2H3. The molecule has 0 saturated heterocycles. The second kappa shape index (κ2) is 6.89. The molecule has 2 atom stereocenters. The maximum absolute atomic E-state index is 12.7. The van der Waals surface area contributed by atoms with Gasteiger partial charge in [0.2, 0.25) is 5.91 Å². The summed E-state index contributed by atoms with van der Waals surface area (Å²) >= 11 is 0. The third-order valence-corrected chi connectivity index (χ3v) is 4.38. The van der Waals surface area contributed by atoms with Crippen molar-refractivity contribution in [2.45, 2.75) is 52.1 Å². The van der Waals surface area contributed by atoms with Gasteiger partial charge in [0, 0.05) is 25.0 Å². The predicted molar refractivity (Wildman–Crippen MR) is 82.2 cm³/mol. The van der Waals surface area contributed by atoms with E-state index < -0.39 is 0 Å². The Bertz CT molecular complexity index is 458. The predicted octanol–water partition coefficient (Wildman–Crippen LogP) is 2.86. The Morgan fingerprint density at radius 1 is 1.35 bits per heavy atom. The van der Waals surface area contributed by atoms with Crippen LogP contribution in [0.25, 0.3) is 0 Å². The van der Waals surface area contributed by atoms with Crippen LogP contribution < -0.4 is 5.73 Å². The zero-order valence-electron chi connectivity index (χ0n) is 12.6. The van der Waals surface area contributed by atoms with Crippen LogP contribution in [0, 0.1) is 12.8 Å². The van der Waals surface area contributed by atoms with E-state index in [9.17, 15) is 4.79 Å². The molecule has 1 aliphatic carbocycles. The SMILES string of the molecule is CCN(Cc1ccccc1C)C(=O)C1CCCC(N)C1. The molecule has 0 heterocycles. The van der Waals surface area contributed by atoms with Gasteiger partial charge in [-0.25, -0.2) is 0 Å². The molecule has 1 aromatic rings. The van der Waals surface area contributed by atoms with Gasteiger partial charge in [0.1, 0.15) is 0 Å². The van der Waals surface area contributed by atoms with Crippen LogP contribution >= 0.6 is 0 Å². The maximum Gasteiger partial charge on any atom is 0.226 e. The minimum Gasteiger partial charge on any atom is -0.338 e. The van der Waals surface area contributed by atoms with Crippen LogP contribution in [0.3, 0.4) is 0 Å². The largest absolute Gasteiger partial charge is 0.338 e. The molecular formula is C17H26N2O. The van der Waals surface area contributed by atoms with Gasteiger partial charge in [0.25, 0.3) is 0 Å². The lowest BCUT2D eigenvalue weighted by Crippen LogP contribution is -2.40. The van der Waals surface area contributed by atoms with Crippen LogP contribution in [0.2, 0.25) is 0 Å². The van der Waals surface area contributed by atoms with E-state index in [1.54, 1.807) is 0 Å². The Labute approximate surface area is 122 Å². The first kappa shape index (κ1) is 15.0. The van der Waals surface area contributed by atoms with E-state index in [0.29, 0.717) is 6.54 Å². The molecule has 0 bridgehead atoms. The molecule has 1 aliphatic rings. The Kier molecular flexibility index (Phi) is 5.18. The van der Waals surface area contributed by atoms with E-state index in [2.05, 4.69) is 26.0 Å². The van der Waals surface area contributed by atoms with Gasteiger partial charge in [-0.3, -0.25) is 4.79 Å². The first-order chi connectivity index (χ1) is 9.61. The van der Waals surface area contributed by atoms with E-state index in [1.165, 1.54) is 11.1 Å². The highest BCUT2D eigenvalue weighted by molar-refractivity contribution is 5.79. The fourth-order valence-electron chi connectivity index (χ4n) is 3.05. The van der Waals surface area contributed by atoms with Crippen LogP contribution in [0.1, 0.15) is 43.7 Å². The molecule has 1 aromatic carbocycles. The lowest BCUT2D eigenvalue weighted by Gasteiger charge is -2.31. The summed E-state index contributed by atoms with van der Waals surface area (Å²) in [4.78, 5) is 14.6. The second-order valence-electron chi connectivity index (χ2n) is 5.90. The van der Waals surface area contributed by atoms with Crippen LogP contribution in [-0.2, 0) is 11.3 Å². The van der Waals surface area contributed by atoms with Gasteiger partial charge in [-0.05, 0) is 44.2 Å². The molecule has 110 valence electrons. The van der Waals surface area contributed by atoms with Crippen LogP contribution in [0.15, 0.2) is 24.3 Å². The summed E-state index contributed by atoms with van der Waals surface area (Å²) in [6.07, 6.45) is 3.99. The fraction of sp³-hybridized carbons (Fsp3) is 0.588. The van der Waals surface area contributed by atoms with E-state index in [1.807, 2.05) is 17.0 Å². The first-order valence-electron chi connectivity index (χ1n) is 7.70. The zero-order chi connectivity index (χ0) is 14.5. The summed E-state index contributed by atoms with van der Waals surface area (Å²) in [6, 6.07) is 8.49. The summed E-state index contributed by atoms with van der Waals surface area (Å²) in [6.45, 7) is 5.63. The number of hydrogen-bond acceptors (Lipinski definition) is 2. The molecule has 2 unspecified atom stereocenters. The Hall–Kier alpha value is -1.35. The molecular weight excluding hydrogens is 248 g/mol. The van der Waals surface area contributed by atoms with E-state index in [-0.39, 0.29) is 17.9 Å². The summed E-state index contributed by atoms with van der Waals surface area (Å²) in [5.41, 5.74) is 8.50. The molecule has 1 amide bonds. The molecule has 2 rings (SSSR count). The van der Waals surface area contributed by atoms with E-state index in [4.69, 9.17) is 5.73 Å². The number of carbonyl (C=O) groups excluding carboxylic acids is 1. The van der Waals surface area contributed by atoms with Crippen molar-refractivity contribution in [2.75, 3.05) is 6.54 Å². The van der Waals surface area contributed by atoms with E-state index in [0.717, 1.165) is 32.2 Å². The monoisotopic (exact) mass is 274 g/mol. The second-order valence-corrected chi connectivity index (χ2v) is 5.90. The third-order valence-electron chi connectivity index (χ3n) is 4.38. The Balaban J connectivity index is 2.04. The minimum atomic E-state index is 0.128. The maximum atomic E-state index is 12.7. The quantitative estimate of drug-likeness (QED) is 0.917. The van der Waals surface area contributed by atoms with Crippen molar-refractivity contribution in [3.8, 4) is 0 Å². The number of hydrogen-bond donors (Lipinski definition) is 1. The van der Waals surface area contributed by atoms with Crippen LogP contribution in [0.5, 0.6) is 0 Å². The number of nitrogens with two attached hydrogens (primary N) is 1. The highest BCUT2D eigenvalue weighted by Crippen LogP contribution is 2.25. The molecule has 20 heavy (non-hydrogen) atoms. The average molecular weight is 274 g/mol. The molecule has 0 aliphatic heterocycles. The lowest BCUT2D eigenvalue weighted by molar-refractivity contribution is -0.137. The van der Waals surface area contributed by atoms with Crippen molar-refractivity contribution in [1.82, 2.24) is 4.90 Å². The van der Waals surface area contributed by atoms with Crippen molar-refractivity contribution in [3.63, 3.8) is 0 Å². The molecule has 1 fully saturated rings. The van der Waals surface area contributed by atoms with Gasteiger partial charge in [0.05, 0.1) is 0 Å². The van der Waals surface area contributed by atoms with Gasteiger partial charge in [-0.15, -0.1) is 0 Å². The number of rotatable bonds is 4. The van der Waals surface area contributed by atoms with Gasteiger partial charge < -0.3 is 10.6 Å². The molecule has 0 radical (unpaired) electrons. The van der Waals surface area contributed by atoms with Gasteiger partial charge >= 0.3 is 0 Å². The molecule has 3 heteroatoms. The highest BCUT2D eigenvalue weighted by Gasteiger charge is 2.28. The van der Waals surface area contributed by atoms with Gasteiger partial charge in [0.15, 0.2) is 0 Å². The van der Waals surface area contributed by atoms with Crippen molar-refractivity contribution in [3.05, 3.63) is 35.4 Å². The molecule has 3 nitrogen and oxygen atoms in total. The Morgan fingerprint density at radius 2 is 2.10 bits per heavy atom. The van der Waals surface area contributed by atoms with Crippen molar-refractivity contribution < 1.29 is 4.79 Å². The van der Waals surface area contributed by atoms with Crippen molar-refractivity contribution in [1.29, 1.82) is 0 Å². The van der Waals surface area contributed by atoms with Crippen molar-refractivity contribution in [2.24, 2.45) is 11.7 Å². The Morgan fingerprint density at radius 3 is 2.75 bits per heavy atom. The van der Waals surface area contributed by atoms with E-state index >= 15 is 0 Å². The van der Waals surface area contributed by atoms with Gasteiger partial charge in [-0.1, -0.05) is 30.7 Å². The summed E-state index contributed by atoms with van der Waals surface area (Å²) < 4.78 is 0. The minimum absolute atomic E-state index is 0.128. The molecule has 0 spiro atoms. The van der Waals surface area contributed by atoms with Crippen LogP contribution in [0.4, 0.5) is 0 Å². The smallest absolute Gasteiger partial charge is 0.226 e. The lowest BCUT2D eigenvalue weighted by atomic mass is 9.85. The highest BCUT2D eigenvalue weighted by atomic mass is 16.2. The summed E-state index contributed by atoms with van der Waals surface area (Å²) in [5.74, 6) is 0.411. The third kappa shape index (κ3) is 3.60. The van der Waals surface area contributed by atoms with Gasteiger partial charge in [-0.2, -0.15) is 0 Å². The number of amides is 1. The number of benzene rings is 1. The zero-order valence-corrected chi connectivity index (χ0v) is 12.6. The normalized spacial score (nSPS) is 22.6. The van der Waals surface area contributed by atoms with Crippen molar-refractivity contribution >= 4 is 5.91 Å². The fourth-order valence-corrected chi connectivity index (χ4v) is 3.05. The number of nitrogens with zero attached hydrogens (tertiary/aromatic N) is 1. The first-order valence-corrected chi connectivity index (χ1v) is 7.70. The summed E-state index contributed by atoms with van der Waals surface area (Å²) in [7, 11) is 0. The molecule has 0 aromatic heterocycles. The molecule has 1 saturated carbocycles. The number of carbonyl (C=O) groups is 1. The van der Waals surface area contributed by atoms with Crippen LogP contribution in [-0.4, -0.2) is 23.4 Å². The average Bonchev–Trinajstić information content (AvgIpc) is 2.46. The number of aryl methyl sites for hydroxylation is 1.